The van der Waals surface area contributed by atoms with E-state index in [1.165, 1.54) is 4.31 Å². The summed E-state index contributed by atoms with van der Waals surface area (Å²) in [6, 6.07) is 15.8. The molecule has 0 radical (unpaired) electrons. The highest BCUT2D eigenvalue weighted by molar-refractivity contribution is 7.93. The van der Waals surface area contributed by atoms with Gasteiger partial charge in [0.05, 0.1) is 22.8 Å². The van der Waals surface area contributed by atoms with Gasteiger partial charge < -0.3 is 10.1 Å². The molecule has 1 N–H and O–H groups in total. The normalized spacial score (nSPS) is 14.9. The van der Waals surface area contributed by atoms with Crippen LogP contribution in [0.1, 0.15) is 37.0 Å². The molecule has 0 bridgehead atoms. The second-order valence-corrected chi connectivity index (χ2v) is 9.45. The molecule has 0 saturated heterocycles. The Bertz CT molecular complexity index is 1280. The van der Waals surface area contributed by atoms with Crippen molar-refractivity contribution >= 4 is 44.0 Å². The zero-order chi connectivity index (χ0) is 22.9. The van der Waals surface area contributed by atoms with Gasteiger partial charge in [-0.25, -0.2) is 13.2 Å². The first-order valence-electron chi connectivity index (χ1n) is 10.5. The van der Waals surface area contributed by atoms with E-state index in [4.69, 9.17) is 4.74 Å². The Balaban J connectivity index is 1.51. The summed E-state index contributed by atoms with van der Waals surface area (Å²) in [7, 11) is -3.85. The summed E-state index contributed by atoms with van der Waals surface area (Å²) in [5.41, 5.74) is 1.33. The van der Waals surface area contributed by atoms with Gasteiger partial charge in [0.25, 0.3) is 10.0 Å². The lowest BCUT2D eigenvalue weighted by Crippen LogP contribution is -2.43. The van der Waals surface area contributed by atoms with Crippen molar-refractivity contribution in [3.05, 3.63) is 66.2 Å². The van der Waals surface area contributed by atoms with Crippen LogP contribution >= 0.6 is 0 Å². The third kappa shape index (κ3) is 3.82. The quantitative estimate of drug-likeness (QED) is 0.425. The molecule has 1 aliphatic rings. The number of sulfonamides is 1. The molecule has 1 aliphatic heterocycles. The van der Waals surface area contributed by atoms with Gasteiger partial charge in [0.15, 0.2) is 0 Å². The van der Waals surface area contributed by atoms with Crippen molar-refractivity contribution in [3.63, 3.8) is 0 Å². The highest BCUT2D eigenvalue weighted by atomic mass is 32.2. The SMILES string of the molecule is CCCCOC(=O)c1ccc(NC(=O)[C@@H](C)N2c3cccc4cccc(c34)S2(=O)=O)cc1. The predicted octanol–water partition coefficient (Wildman–Crippen LogP) is 4.33. The predicted molar refractivity (Wildman–Crippen MR) is 123 cm³/mol. The number of rotatable bonds is 7. The van der Waals surface area contributed by atoms with Crippen molar-refractivity contribution in [2.75, 3.05) is 16.2 Å². The van der Waals surface area contributed by atoms with Crippen molar-refractivity contribution in [2.24, 2.45) is 0 Å². The summed E-state index contributed by atoms with van der Waals surface area (Å²) in [6.07, 6.45) is 1.73. The van der Waals surface area contributed by atoms with E-state index in [2.05, 4.69) is 5.32 Å². The zero-order valence-electron chi connectivity index (χ0n) is 17.9. The van der Waals surface area contributed by atoms with Crippen molar-refractivity contribution in [3.8, 4) is 0 Å². The molecule has 0 saturated carbocycles. The second kappa shape index (κ2) is 8.63. The van der Waals surface area contributed by atoms with Gasteiger partial charge in [0.1, 0.15) is 6.04 Å². The third-order valence-corrected chi connectivity index (χ3v) is 7.40. The summed E-state index contributed by atoms with van der Waals surface area (Å²) < 4.78 is 32.7. The molecule has 1 amide bonds. The molecule has 3 aromatic carbocycles. The van der Waals surface area contributed by atoms with Crippen molar-refractivity contribution in [2.45, 2.75) is 37.6 Å². The number of nitrogens with one attached hydrogen (secondary N) is 1. The van der Waals surface area contributed by atoms with E-state index in [-0.39, 0.29) is 4.90 Å². The van der Waals surface area contributed by atoms with Gasteiger partial charge in [0.2, 0.25) is 5.91 Å². The van der Waals surface area contributed by atoms with Crippen LogP contribution in [0.5, 0.6) is 0 Å². The van der Waals surface area contributed by atoms with E-state index < -0.39 is 27.9 Å². The van der Waals surface area contributed by atoms with Gasteiger partial charge in [0, 0.05) is 11.1 Å². The number of anilines is 2. The molecule has 0 aromatic heterocycles. The Morgan fingerprint density at radius 3 is 2.41 bits per heavy atom. The number of benzene rings is 3. The lowest BCUT2D eigenvalue weighted by Gasteiger charge is -2.25. The first-order valence-corrected chi connectivity index (χ1v) is 11.9. The lowest BCUT2D eigenvalue weighted by atomic mass is 10.1. The highest BCUT2D eigenvalue weighted by Gasteiger charge is 2.40. The topological polar surface area (TPSA) is 92.8 Å². The van der Waals surface area contributed by atoms with E-state index in [1.54, 1.807) is 55.5 Å². The molecule has 4 rings (SSSR count). The Kier molecular flexibility index (Phi) is 5.88. The molecule has 0 spiro atoms. The molecule has 0 aliphatic carbocycles. The third-order valence-electron chi connectivity index (χ3n) is 5.47. The van der Waals surface area contributed by atoms with Crippen LogP contribution < -0.4 is 9.62 Å². The van der Waals surface area contributed by atoms with Crippen LogP contribution in [0.25, 0.3) is 10.8 Å². The van der Waals surface area contributed by atoms with Crippen LogP contribution in [0.15, 0.2) is 65.6 Å². The molecule has 0 fully saturated rings. The second-order valence-electron chi connectivity index (χ2n) is 7.66. The molecule has 32 heavy (non-hydrogen) atoms. The molecule has 166 valence electrons. The fourth-order valence-corrected chi connectivity index (χ4v) is 5.64. The van der Waals surface area contributed by atoms with Crippen molar-refractivity contribution in [1.82, 2.24) is 0 Å². The van der Waals surface area contributed by atoms with E-state index in [0.717, 1.165) is 18.2 Å². The van der Waals surface area contributed by atoms with Gasteiger partial charge in [-0.3, -0.25) is 9.10 Å². The molecule has 1 heterocycles. The maximum Gasteiger partial charge on any atom is 0.338 e. The number of nitrogens with zero attached hydrogens (tertiary/aromatic N) is 1. The minimum atomic E-state index is -3.85. The van der Waals surface area contributed by atoms with Crippen LogP contribution in [0.4, 0.5) is 11.4 Å². The van der Waals surface area contributed by atoms with E-state index in [0.29, 0.717) is 28.9 Å². The van der Waals surface area contributed by atoms with E-state index >= 15 is 0 Å². The fourth-order valence-electron chi connectivity index (χ4n) is 3.77. The van der Waals surface area contributed by atoms with E-state index in [9.17, 15) is 18.0 Å². The van der Waals surface area contributed by atoms with Gasteiger partial charge in [-0.1, -0.05) is 37.6 Å². The van der Waals surface area contributed by atoms with Gasteiger partial charge in [-0.2, -0.15) is 0 Å². The molecule has 8 heteroatoms. The Morgan fingerprint density at radius 2 is 1.72 bits per heavy atom. The number of hydrogen-bond acceptors (Lipinski definition) is 5. The van der Waals surface area contributed by atoms with Gasteiger partial charge in [-0.15, -0.1) is 0 Å². The average molecular weight is 453 g/mol. The first kappa shape index (κ1) is 21.8. The van der Waals surface area contributed by atoms with Gasteiger partial charge in [-0.05, 0) is 55.1 Å². The molecular weight excluding hydrogens is 428 g/mol. The molecule has 3 aromatic rings. The minimum absolute atomic E-state index is 0.205. The highest BCUT2D eigenvalue weighted by Crippen LogP contribution is 2.43. The van der Waals surface area contributed by atoms with Crippen molar-refractivity contribution < 1.29 is 22.7 Å². The number of amides is 1. The lowest BCUT2D eigenvalue weighted by molar-refractivity contribution is -0.116. The summed E-state index contributed by atoms with van der Waals surface area (Å²) in [5, 5.41) is 4.17. The number of unbranched alkanes of at least 4 members (excludes halogenated alkanes) is 1. The fraction of sp³-hybridized carbons (Fsp3) is 0.250. The number of hydrogen-bond donors (Lipinski definition) is 1. The van der Waals surface area contributed by atoms with Crippen LogP contribution in [-0.4, -0.2) is 32.9 Å². The Hall–Kier alpha value is -3.39. The largest absolute Gasteiger partial charge is 0.462 e. The van der Waals surface area contributed by atoms with Crippen LogP contribution in [0.2, 0.25) is 0 Å². The molecule has 1 atom stereocenters. The first-order chi connectivity index (χ1) is 15.3. The maximum atomic E-state index is 13.2. The minimum Gasteiger partial charge on any atom is -0.462 e. The summed E-state index contributed by atoms with van der Waals surface area (Å²) in [6.45, 7) is 3.93. The molecule has 7 nitrogen and oxygen atoms in total. The Morgan fingerprint density at radius 1 is 1.03 bits per heavy atom. The standard InChI is InChI=1S/C24H24N2O5S/c1-3-4-15-31-24(28)18-11-13-19(14-12-18)25-23(27)16(2)26-20-9-5-7-17-8-6-10-21(22(17)20)32(26,29)30/h5-14,16H,3-4,15H2,1-2H3,(H,25,27)/t16-/m1/s1. The van der Waals surface area contributed by atoms with Crippen molar-refractivity contribution in [1.29, 1.82) is 0 Å². The maximum absolute atomic E-state index is 13.2. The summed E-state index contributed by atoms with van der Waals surface area (Å²) in [4.78, 5) is 25.2. The molecule has 0 unspecified atom stereocenters. The Labute approximate surface area is 187 Å². The number of ether oxygens (including phenoxy) is 1. The number of carbonyl (C=O) groups is 2. The van der Waals surface area contributed by atoms with Crippen LogP contribution in [0.3, 0.4) is 0 Å². The van der Waals surface area contributed by atoms with Crippen LogP contribution in [-0.2, 0) is 19.6 Å². The summed E-state index contributed by atoms with van der Waals surface area (Å²) in [5.74, 6) is -0.893. The number of carbonyl (C=O) groups excluding carboxylic acids is 2. The van der Waals surface area contributed by atoms with Gasteiger partial charge >= 0.3 is 5.97 Å². The zero-order valence-corrected chi connectivity index (χ0v) is 18.7. The van der Waals surface area contributed by atoms with E-state index in [1.807, 2.05) is 19.1 Å². The smallest absolute Gasteiger partial charge is 0.338 e. The number of esters is 1. The monoisotopic (exact) mass is 452 g/mol. The van der Waals surface area contributed by atoms with Crippen LogP contribution in [0, 0.1) is 0 Å². The average Bonchev–Trinajstić information content (AvgIpc) is 3.02. The summed E-state index contributed by atoms with van der Waals surface area (Å²) >= 11 is 0. The molecular formula is C24H24N2O5S.